The summed E-state index contributed by atoms with van der Waals surface area (Å²) < 4.78 is 18.0. The van der Waals surface area contributed by atoms with Crippen LogP contribution in [-0.2, 0) is 6.61 Å². The molecule has 0 atom stereocenters. The molecule has 0 radical (unpaired) electrons. The van der Waals surface area contributed by atoms with Crippen LogP contribution in [0.25, 0.3) is 0 Å². The highest BCUT2D eigenvalue weighted by atomic mass is 19.1. The second-order valence-electron chi connectivity index (χ2n) is 3.25. The first-order chi connectivity index (χ1) is 8.28. The number of hydrogen-bond donors (Lipinski definition) is 0. The van der Waals surface area contributed by atoms with Crippen molar-refractivity contribution in [2.75, 3.05) is 0 Å². The lowest BCUT2D eigenvalue weighted by Crippen LogP contribution is -1.99. The van der Waals surface area contributed by atoms with E-state index in [0.717, 1.165) is 0 Å². The van der Waals surface area contributed by atoms with Crippen LogP contribution in [0.2, 0.25) is 0 Å². The summed E-state index contributed by atoms with van der Waals surface area (Å²) in [6, 6.07) is 9.15. The van der Waals surface area contributed by atoms with Crippen molar-refractivity contribution in [3.8, 4) is 11.8 Å². The van der Waals surface area contributed by atoms with Gasteiger partial charge in [-0.15, -0.1) is 0 Å². The van der Waals surface area contributed by atoms with E-state index in [9.17, 15) is 4.39 Å². The van der Waals surface area contributed by atoms with Crippen LogP contribution < -0.4 is 4.74 Å². The molecular weight excluding hydrogens is 221 g/mol. The molecular formula is C12H8FN3O. The van der Waals surface area contributed by atoms with Gasteiger partial charge in [0.05, 0.1) is 5.69 Å². The SMILES string of the molecule is N#Cc1cc(COc2ccc(F)cc2)ncn1. The minimum atomic E-state index is -0.314. The fraction of sp³-hybridized carbons (Fsp3) is 0.0833. The van der Waals surface area contributed by atoms with E-state index in [0.29, 0.717) is 11.4 Å². The van der Waals surface area contributed by atoms with Gasteiger partial charge in [0, 0.05) is 0 Å². The van der Waals surface area contributed by atoms with Crippen molar-refractivity contribution >= 4 is 0 Å². The molecule has 0 aliphatic heterocycles. The average Bonchev–Trinajstić information content (AvgIpc) is 2.38. The van der Waals surface area contributed by atoms with Gasteiger partial charge in [0.25, 0.3) is 0 Å². The van der Waals surface area contributed by atoms with Gasteiger partial charge in [-0.1, -0.05) is 0 Å². The highest BCUT2D eigenvalue weighted by Gasteiger charge is 2.00. The molecule has 4 nitrogen and oxygen atoms in total. The van der Waals surface area contributed by atoms with Crippen LogP contribution in [0.1, 0.15) is 11.4 Å². The molecule has 0 N–H and O–H groups in total. The minimum Gasteiger partial charge on any atom is -0.487 e. The molecule has 0 aliphatic rings. The van der Waals surface area contributed by atoms with Gasteiger partial charge in [-0.25, -0.2) is 14.4 Å². The molecule has 5 heteroatoms. The van der Waals surface area contributed by atoms with Gasteiger partial charge < -0.3 is 4.74 Å². The van der Waals surface area contributed by atoms with Gasteiger partial charge in [0.15, 0.2) is 0 Å². The van der Waals surface area contributed by atoms with Crippen LogP contribution in [-0.4, -0.2) is 9.97 Å². The molecule has 1 aromatic heterocycles. The Bertz CT molecular complexity index is 548. The zero-order valence-corrected chi connectivity index (χ0v) is 8.80. The lowest BCUT2D eigenvalue weighted by Gasteiger charge is -2.05. The Hall–Kier alpha value is -2.48. The van der Waals surface area contributed by atoms with Crippen LogP contribution in [0.4, 0.5) is 4.39 Å². The Kier molecular flexibility index (Phi) is 3.26. The van der Waals surface area contributed by atoms with Crippen LogP contribution in [0, 0.1) is 17.1 Å². The summed E-state index contributed by atoms with van der Waals surface area (Å²) in [7, 11) is 0. The highest BCUT2D eigenvalue weighted by Crippen LogP contribution is 2.12. The maximum atomic E-state index is 12.6. The van der Waals surface area contributed by atoms with Crippen molar-refractivity contribution in [1.29, 1.82) is 5.26 Å². The van der Waals surface area contributed by atoms with Gasteiger partial charge in [-0.2, -0.15) is 5.26 Å². The van der Waals surface area contributed by atoms with E-state index >= 15 is 0 Å². The molecule has 0 saturated carbocycles. The van der Waals surface area contributed by atoms with Crippen molar-refractivity contribution in [3.05, 3.63) is 53.9 Å². The molecule has 0 aliphatic carbocycles. The summed E-state index contributed by atoms with van der Waals surface area (Å²) in [5.74, 6) is 0.231. The van der Waals surface area contributed by atoms with E-state index < -0.39 is 0 Å². The van der Waals surface area contributed by atoms with Crippen molar-refractivity contribution in [1.82, 2.24) is 9.97 Å². The van der Waals surface area contributed by atoms with Crippen LogP contribution in [0.5, 0.6) is 5.75 Å². The Labute approximate surface area is 97.3 Å². The average molecular weight is 229 g/mol. The number of nitriles is 1. The Morgan fingerprint density at radius 2 is 2.00 bits per heavy atom. The van der Waals surface area contributed by atoms with Gasteiger partial charge in [-0.05, 0) is 30.3 Å². The zero-order valence-electron chi connectivity index (χ0n) is 8.80. The van der Waals surface area contributed by atoms with Gasteiger partial charge in [0.1, 0.15) is 36.3 Å². The molecule has 1 aromatic carbocycles. The number of halogens is 1. The third-order valence-electron chi connectivity index (χ3n) is 2.04. The molecule has 0 amide bonds. The molecule has 0 bridgehead atoms. The number of ether oxygens (including phenoxy) is 1. The molecule has 2 aromatic rings. The molecule has 0 saturated heterocycles. The van der Waals surface area contributed by atoms with Gasteiger partial charge in [0.2, 0.25) is 0 Å². The Balaban J connectivity index is 2.02. The van der Waals surface area contributed by atoms with E-state index in [1.54, 1.807) is 6.07 Å². The van der Waals surface area contributed by atoms with Crippen LogP contribution >= 0.6 is 0 Å². The molecule has 1 heterocycles. The zero-order chi connectivity index (χ0) is 12.1. The van der Waals surface area contributed by atoms with Crippen LogP contribution in [0.15, 0.2) is 36.7 Å². The summed E-state index contributed by atoms with van der Waals surface area (Å²) in [5.41, 5.74) is 0.888. The standard InChI is InChI=1S/C12H8FN3O/c13-9-1-3-12(4-2-9)17-7-11-5-10(6-14)15-8-16-11/h1-5,8H,7H2. The predicted molar refractivity (Wildman–Crippen MR) is 57.5 cm³/mol. The van der Waals surface area contributed by atoms with Gasteiger partial charge >= 0.3 is 0 Å². The summed E-state index contributed by atoms with van der Waals surface area (Å²) in [5, 5.41) is 8.66. The molecule has 0 unspecified atom stereocenters. The topological polar surface area (TPSA) is 58.8 Å². The largest absolute Gasteiger partial charge is 0.487 e. The monoisotopic (exact) mass is 229 g/mol. The molecule has 0 fully saturated rings. The lowest BCUT2D eigenvalue weighted by atomic mass is 10.3. The maximum Gasteiger partial charge on any atom is 0.144 e. The Morgan fingerprint density at radius 3 is 2.71 bits per heavy atom. The van der Waals surface area contributed by atoms with Crippen molar-refractivity contribution in [2.24, 2.45) is 0 Å². The quantitative estimate of drug-likeness (QED) is 0.808. The van der Waals surface area contributed by atoms with E-state index in [-0.39, 0.29) is 18.1 Å². The first-order valence-corrected chi connectivity index (χ1v) is 4.87. The lowest BCUT2D eigenvalue weighted by molar-refractivity contribution is 0.300. The minimum absolute atomic E-state index is 0.211. The van der Waals surface area contributed by atoms with E-state index in [4.69, 9.17) is 10.00 Å². The van der Waals surface area contributed by atoms with E-state index in [2.05, 4.69) is 9.97 Å². The molecule has 17 heavy (non-hydrogen) atoms. The third-order valence-corrected chi connectivity index (χ3v) is 2.04. The summed E-state index contributed by atoms with van der Waals surface area (Å²) in [6.45, 7) is 0.211. The van der Waals surface area contributed by atoms with E-state index in [1.165, 1.54) is 30.6 Å². The van der Waals surface area contributed by atoms with Crippen molar-refractivity contribution in [3.63, 3.8) is 0 Å². The first kappa shape index (κ1) is 11.0. The Morgan fingerprint density at radius 1 is 1.24 bits per heavy atom. The fourth-order valence-corrected chi connectivity index (χ4v) is 1.23. The summed E-state index contributed by atoms with van der Waals surface area (Å²) >= 11 is 0. The maximum absolute atomic E-state index is 12.6. The van der Waals surface area contributed by atoms with E-state index in [1.807, 2.05) is 6.07 Å². The molecule has 84 valence electrons. The number of nitrogens with zero attached hydrogens (tertiary/aromatic N) is 3. The fourth-order valence-electron chi connectivity index (χ4n) is 1.23. The smallest absolute Gasteiger partial charge is 0.144 e. The summed E-state index contributed by atoms with van der Waals surface area (Å²) in [4.78, 5) is 7.71. The number of hydrogen-bond acceptors (Lipinski definition) is 4. The highest BCUT2D eigenvalue weighted by molar-refractivity contribution is 5.23. The second kappa shape index (κ2) is 5.03. The van der Waals surface area contributed by atoms with Crippen molar-refractivity contribution < 1.29 is 9.13 Å². The normalized spacial score (nSPS) is 9.65. The molecule has 2 rings (SSSR count). The number of aromatic nitrogens is 2. The van der Waals surface area contributed by atoms with Crippen molar-refractivity contribution in [2.45, 2.75) is 6.61 Å². The third kappa shape index (κ3) is 2.98. The molecule has 0 spiro atoms. The number of rotatable bonds is 3. The van der Waals surface area contributed by atoms with Gasteiger partial charge in [-0.3, -0.25) is 0 Å². The summed E-state index contributed by atoms with van der Waals surface area (Å²) in [6.07, 6.45) is 1.31. The first-order valence-electron chi connectivity index (χ1n) is 4.87. The second-order valence-corrected chi connectivity index (χ2v) is 3.25. The number of benzene rings is 1. The van der Waals surface area contributed by atoms with Crippen LogP contribution in [0.3, 0.4) is 0 Å². The predicted octanol–water partition coefficient (Wildman–Crippen LogP) is 2.07.